The maximum atomic E-state index is 6.08. The van der Waals surface area contributed by atoms with Gasteiger partial charge >= 0.3 is 0 Å². The number of thiophene rings is 1. The molecule has 2 aromatic rings. The second-order valence-electron chi connectivity index (χ2n) is 4.45. The third-order valence-electron chi connectivity index (χ3n) is 2.97. The predicted octanol–water partition coefficient (Wildman–Crippen LogP) is 3.85. The Balaban J connectivity index is 2.07. The number of hydrogen-bond donors (Lipinski definition) is 2. The number of hydrazine groups is 1. The highest BCUT2D eigenvalue weighted by molar-refractivity contribution is 7.07. The standard InChI is InChI=1S/C14H17ClN2S/c1-10-6-12(8-13(15)7-10)14(17-16)3-2-11-4-5-18-9-11/h4-9,14,17H,2-3,16H2,1H3. The zero-order valence-corrected chi connectivity index (χ0v) is 11.9. The van der Waals surface area contributed by atoms with E-state index < -0.39 is 0 Å². The highest BCUT2D eigenvalue weighted by Gasteiger charge is 2.11. The van der Waals surface area contributed by atoms with E-state index in [0.717, 1.165) is 29.0 Å². The SMILES string of the molecule is Cc1cc(Cl)cc(C(CCc2ccsc2)NN)c1. The van der Waals surface area contributed by atoms with Crippen molar-refractivity contribution < 1.29 is 0 Å². The van der Waals surface area contributed by atoms with Crippen LogP contribution in [0.15, 0.2) is 35.0 Å². The van der Waals surface area contributed by atoms with E-state index in [1.54, 1.807) is 11.3 Å². The minimum atomic E-state index is 0.141. The van der Waals surface area contributed by atoms with E-state index in [2.05, 4.69) is 28.3 Å². The van der Waals surface area contributed by atoms with E-state index in [0.29, 0.717) is 0 Å². The molecule has 1 heterocycles. The first-order chi connectivity index (χ1) is 8.69. The lowest BCUT2D eigenvalue weighted by Gasteiger charge is -2.17. The van der Waals surface area contributed by atoms with E-state index in [1.807, 2.05) is 19.1 Å². The van der Waals surface area contributed by atoms with Crippen molar-refractivity contribution in [3.8, 4) is 0 Å². The molecule has 0 aliphatic rings. The van der Waals surface area contributed by atoms with Gasteiger partial charge in [0.25, 0.3) is 0 Å². The van der Waals surface area contributed by atoms with Crippen molar-refractivity contribution in [2.45, 2.75) is 25.8 Å². The van der Waals surface area contributed by atoms with Crippen LogP contribution in [0.4, 0.5) is 0 Å². The summed E-state index contributed by atoms with van der Waals surface area (Å²) < 4.78 is 0. The summed E-state index contributed by atoms with van der Waals surface area (Å²) in [5, 5.41) is 5.04. The minimum Gasteiger partial charge on any atom is -0.271 e. The molecule has 0 saturated carbocycles. The quantitative estimate of drug-likeness (QED) is 0.645. The van der Waals surface area contributed by atoms with Gasteiger partial charge in [0.1, 0.15) is 0 Å². The maximum Gasteiger partial charge on any atom is 0.0463 e. The Morgan fingerprint density at radius 3 is 2.83 bits per heavy atom. The number of rotatable bonds is 5. The molecule has 0 aliphatic heterocycles. The van der Waals surface area contributed by atoms with Crippen molar-refractivity contribution in [2.24, 2.45) is 5.84 Å². The first-order valence-electron chi connectivity index (χ1n) is 5.93. The van der Waals surface area contributed by atoms with Crippen molar-refractivity contribution in [3.63, 3.8) is 0 Å². The van der Waals surface area contributed by atoms with Gasteiger partial charge in [-0.2, -0.15) is 11.3 Å². The molecule has 0 spiro atoms. The van der Waals surface area contributed by atoms with Gasteiger partial charge < -0.3 is 0 Å². The summed E-state index contributed by atoms with van der Waals surface area (Å²) in [7, 11) is 0. The van der Waals surface area contributed by atoms with E-state index in [-0.39, 0.29) is 6.04 Å². The van der Waals surface area contributed by atoms with Gasteiger partial charge in [-0.1, -0.05) is 17.7 Å². The Bertz CT molecular complexity index is 476. The molecule has 0 saturated heterocycles. The molecule has 0 fully saturated rings. The van der Waals surface area contributed by atoms with Gasteiger partial charge in [0.05, 0.1) is 0 Å². The first-order valence-corrected chi connectivity index (χ1v) is 7.25. The number of hydrogen-bond acceptors (Lipinski definition) is 3. The van der Waals surface area contributed by atoms with E-state index in [4.69, 9.17) is 17.4 Å². The van der Waals surface area contributed by atoms with E-state index >= 15 is 0 Å². The fourth-order valence-corrected chi connectivity index (χ4v) is 3.06. The molecule has 2 nitrogen and oxygen atoms in total. The van der Waals surface area contributed by atoms with Crippen LogP contribution < -0.4 is 11.3 Å². The first kappa shape index (κ1) is 13.6. The topological polar surface area (TPSA) is 38.0 Å². The van der Waals surface area contributed by atoms with E-state index in [1.165, 1.54) is 5.56 Å². The lowest BCUT2D eigenvalue weighted by molar-refractivity contribution is 0.516. The summed E-state index contributed by atoms with van der Waals surface area (Å²) in [6.45, 7) is 2.04. The van der Waals surface area contributed by atoms with Gasteiger partial charge in [0, 0.05) is 11.1 Å². The summed E-state index contributed by atoms with van der Waals surface area (Å²) in [6, 6.07) is 8.36. The number of nitrogens with one attached hydrogen (secondary N) is 1. The average molecular weight is 281 g/mol. The molecule has 0 bridgehead atoms. The molecule has 3 N–H and O–H groups in total. The molecule has 4 heteroatoms. The summed E-state index contributed by atoms with van der Waals surface area (Å²) in [6.07, 6.45) is 1.98. The highest BCUT2D eigenvalue weighted by atomic mass is 35.5. The molecule has 1 aromatic carbocycles. The van der Waals surface area contributed by atoms with Crippen LogP contribution in [0.2, 0.25) is 5.02 Å². The second-order valence-corrected chi connectivity index (χ2v) is 5.67. The third kappa shape index (κ3) is 3.56. The lowest BCUT2D eigenvalue weighted by atomic mass is 9.99. The fraction of sp³-hybridized carbons (Fsp3) is 0.286. The van der Waals surface area contributed by atoms with E-state index in [9.17, 15) is 0 Å². The Morgan fingerprint density at radius 2 is 2.22 bits per heavy atom. The normalized spacial score (nSPS) is 12.6. The molecule has 0 amide bonds. The molecule has 1 aromatic heterocycles. The number of benzene rings is 1. The van der Waals surface area contributed by atoms with Crippen LogP contribution >= 0.6 is 22.9 Å². The van der Waals surface area contributed by atoms with Gasteiger partial charge in [-0.3, -0.25) is 11.3 Å². The number of halogens is 1. The lowest BCUT2D eigenvalue weighted by Crippen LogP contribution is -2.28. The minimum absolute atomic E-state index is 0.141. The van der Waals surface area contributed by atoms with Crippen LogP contribution in [-0.4, -0.2) is 0 Å². The van der Waals surface area contributed by atoms with Crippen molar-refractivity contribution >= 4 is 22.9 Å². The monoisotopic (exact) mass is 280 g/mol. The van der Waals surface area contributed by atoms with Crippen molar-refractivity contribution in [1.29, 1.82) is 0 Å². The molecule has 18 heavy (non-hydrogen) atoms. The highest BCUT2D eigenvalue weighted by Crippen LogP contribution is 2.23. The van der Waals surface area contributed by atoms with Gasteiger partial charge in [-0.15, -0.1) is 0 Å². The van der Waals surface area contributed by atoms with Crippen LogP contribution in [0.3, 0.4) is 0 Å². The third-order valence-corrected chi connectivity index (χ3v) is 3.92. The summed E-state index contributed by atoms with van der Waals surface area (Å²) in [5.74, 6) is 5.65. The van der Waals surface area contributed by atoms with Crippen molar-refractivity contribution in [2.75, 3.05) is 0 Å². The van der Waals surface area contributed by atoms with Gasteiger partial charge in [-0.05, 0) is 65.4 Å². The summed E-state index contributed by atoms with van der Waals surface area (Å²) in [4.78, 5) is 0. The predicted molar refractivity (Wildman–Crippen MR) is 78.9 cm³/mol. The van der Waals surface area contributed by atoms with Crippen LogP contribution in [0.25, 0.3) is 0 Å². The van der Waals surface area contributed by atoms with Gasteiger partial charge in [0.15, 0.2) is 0 Å². The summed E-state index contributed by atoms with van der Waals surface area (Å²) >= 11 is 7.81. The molecule has 2 rings (SSSR count). The number of aryl methyl sites for hydroxylation is 2. The Kier molecular flexibility index (Phi) is 4.78. The van der Waals surface area contributed by atoms with Crippen molar-refractivity contribution in [1.82, 2.24) is 5.43 Å². The van der Waals surface area contributed by atoms with Gasteiger partial charge in [-0.25, -0.2) is 0 Å². The Labute approximate surface area is 117 Å². The largest absolute Gasteiger partial charge is 0.271 e. The second kappa shape index (κ2) is 6.34. The Morgan fingerprint density at radius 1 is 1.39 bits per heavy atom. The molecular formula is C14H17ClN2S. The summed E-state index contributed by atoms with van der Waals surface area (Å²) in [5.41, 5.74) is 6.55. The van der Waals surface area contributed by atoms with Crippen molar-refractivity contribution in [3.05, 3.63) is 56.7 Å². The molecule has 0 radical (unpaired) electrons. The van der Waals surface area contributed by atoms with Crippen LogP contribution in [-0.2, 0) is 6.42 Å². The maximum absolute atomic E-state index is 6.08. The number of nitrogens with two attached hydrogens (primary N) is 1. The zero-order chi connectivity index (χ0) is 13.0. The average Bonchev–Trinajstić information content (AvgIpc) is 2.81. The molecular weight excluding hydrogens is 264 g/mol. The molecule has 0 aliphatic carbocycles. The molecule has 1 atom stereocenters. The smallest absolute Gasteiger partial charge is 0.0463 e. The molecule has 1 unspecified atom stereocenters. The molecule has 96 valence electrons. The van der Waals surface area contributed by atoms with Crippen LogP contribution in [0.1, 0.15) is 29.2 Å². The zero-order valence-electron chi connectivity index (χ0n) is 10.3. The Hall–Kier alpha value is -0.870. The van der Waals surface area contributed by atoms with Crippen LogP contribution in [0.5, 0.6) is 0 Å². The van der Waals surface area contributed by atoms with Crippen LogP contribution in [0, 0.1) is 6.92 Å². The van der Waals surface area contributed by atoms with Gasteiger partial charge in [0.2, 0.25) is 0 Å². The fourth-order valence-electron chi connectivity index (χ4n) is 2.06.